The van der Waals surface area contributed by atoms with E-state index in [1.807, 2.05) is 0 Å². The number of hydrogen-bond donors (Lipinski definition) is 1. The van der Waals surface area contributed by atoms with E-state index in [4.69, 9.17) is 5.73 Å². The Morgan fingerprint density at radius 1 is 1.50 bits per heavy atom. The molecule has 0 aromatic heterocycles. The predicted molar refractivity (Wildman–Crippen MR) is 49.9 cm³/mol. The molecule has 0 bridgehead atoms. The number of hydrogen-bond acceptors (Lipinski definition) is 1. The second-order valence-corrected chi connectivity index (χ2v) is 3.77. The van der Waals surface area contributed by atoms with E-state index in [-0.39, 0.29) is 0 Å². The molecule has 14 heavy (non-hydrogen) atoms. The first kappa shape index (κ1) is 11.3. The molecule has 3 atom stereocenters. The first-order valence-corrected chi connectivity index (χ1v) is 4.49. The van der Waals surface area contributed by atoms with Gasteiger partial charge in [0.1, 0.15) is 5.67 Å². The molecule has 0 heterocycles. The maximum Gasteiger partial charge on any atom is 0.263 e. The van der Waals surface area contributed by atoms with Crippen LogP contribution in [0.2, 0.25) is 0 Å². The molecule has 0 spiro atoms. The summed E-state index contributed by atoms with van der Waals surface area (Å²) in [7, 11) is 0. The molecule has 0 aliphatic heterocycles. The number of nitrogens with two attached hydrogens (primary N) is 1. The van der Waals surface area contributed by atoms with Crippen LogP contribution in [0, 0.1) is 5.92 Å². The highest BCUT2D eigenvalue weighted by Crippen LogP contribution is 2.38. The molecule has 0 amide bonds. The van der Waals surface area contributed by atoms with Crippen LogP contribution in [0.1, 0.15) is 13.8 Å². The van der Waals surface area contributed by atoms with Gasteiger partial charge < -0.3 is 5.73 Å². The van der Waals surface area contributed by atoms with Crippen molar-refractivity contribution in [3.8, 4) is 0 Å². The molecular weight excluding hydrogens is 191 g/mol. The standard InChI is InChI=1S/C10H14F3N/c1-6(14)7-4-3-5-8(9(11)12)10(7,2)13/h3-7,9H,14H2,1-2H3. The molecule has 0 saturated heterocycles. The number of alkyl halides is 3. The molecule has 3 unspecified atom stereocenters. The van der Waals surface area contributed by atoms with Crippen LogP contribution < -0.4 is 5.73 Å². The fourth-order valence-electron chi connectivity index (χ4n) is 1.77. The van der Waals surface area contributed by atoms with Crippen molar-refractivity contribution < 1.29 is 13.2 Å². The van der Waals surface area contributed by atoms with E-state index in [0.29, 0.717) is 0 Å². The molecule has 1 aliphatic carbocycles. The van der Waals surface area contributed by atoms with Gasteiger partial charge in [0, 0.05) is 17.5 Å². The average molecular weight is 205 g/mol. The summed E-state index contributed by atoms with van der Waals surface area (Å²) in [5.41, 5.74) is 3.01. The summed E-state index contributed by atoms with van der Waals surface area (Å²) < 4.78 is 39.0. The zero-order valence-electron chi connectivity index (χ0n) is 8.18. The number of halogens is 3. The Balaban J connectivity index is 3.01. The van der Waals surface area contributed by atoms with Gasteiger partial charge in [-0.25, -0.2) is 13.2 Å². The first-order valence-electron chi connectivity index (χ1n) is 4.49. The van der Waals surface area contributed by atoms with E-state index in [1.54, 1.807) is 6.92 Å². The minimum absolute atomic E-state index is 0.483. The van der Waals surface area contributed by atoms with Crippen molar-refractivity contribution in [1.82, 2.24) is 0 Å². The van der Waals surface area contributed by atoms with Gasteiger partial charge in [0.05, 0.1) is 0 Å². The number of allylic oxidation sites excluding steroid dienone is 3. The molecule has 0 aromatic rings. The molecule has 80 valence electrons. The maximum atomic E-state index is 14.0. The fourth-order valence-corrected chi connectivity index (χ4v) is 1.77. The number of rotatable bonds is 2. The molecular formula is C10H14F3N. The van der Waals surface area contributed by atoms with Gasteiger partial charge in [0.15, 0.2) is 0 Å². The predicted octanol–water partition coefficient (Wildman–Crippen LogP) is 2.44. The van der Waals surface area contributed by atoms with Crippen LogP contribution in [0.5, 0.6) is 0 Å². The maximum absolute atomic E-state index is 14.0. The molecule has 1 rings (SSSR count). The minimum atomic E-state index is -2.77. The van der Waals surface area contributed by atoms with Gasteiger partial charge in [-0.05, 0) is 13.8 Å². The van der Waals surface area contributed by atoms with Crippen LogP contribution >= 0.6 is 0 Å². The van der Waals surface area contributed by atoms with Gasteiger partial charge >= 0.3 is 0 Å². The summed E-state index contributed by atoms with van der Waals surface area (Å²) in [5, 5.41) is 0. The molecule has 2 N–H and O–H groups in total. The third-order valence-corrected chi connectivity index (χ3v) is 2.59. The van der Waals surface area contributed by atoms with Gasteiger partial charge in [-0.2, -0.15) is 0 Å². The first-order chi connectivity index (χ1) is 6.37. The normalized spacial score (nSPS) is 34.5. The van der Waals surface area contributed by atoms with Crippen LogP contribution in [-0.2, 0) is 0 Å². The summed E-state index contributed by atoms with van der Waals surface area (Å²) in [6.07, 6.45) is 1.34. The second-order valence-electron chi connectivity index (χ2n) is 3.77. The summed E-state index contributed by atoms with van der Waals surface area (Å²) in [4.78, 5) is 0. The fraction of sp³-hybridized carbons (Fsp3) is 0.600. The quantitative estimate of drug-likeness (QED) is 0.736. The third-order valence-electron chi connectivity index (χ3n) is 2.59. The van der Waals surface area contributed by atoms with Crippen LogP contribution in [0.25, 0.3) is 0 Å². The summed E-state index contributed by atoms with van der Waals surface area (Å²) in [6, 6.07) is -0.483. The Kier molecular flexibility index (Phi) is 3.04. The lowest BCUT2D eigenvalue weighted by Crippen LogP contribution is -2.44. The van der Waals surface area contributed by atoms with Gasteiger partial charge in [0.2, 0.25) is 0 Å². The molecule has 0 fully saturated rings. The van der Waals surface area contributed by atoms with E-state index < -0.39 is 29.6 Å². The highest BCUT2D eigenvalue weighted by atomic mass is 19.3. The van der Waals surface area contributed by atoms with E-state index in [1.165, 1.54) is 12.2 Å². The lowest BCUT2D eigenvalue weighted by molar-refractivity contribution is 0.0904. The lowest BCUT2D eigenvalue weighted by Gasteiger charge is -2.35. The molecule has 1 aliphatic rings. The molecule has 1 nitrogen and oxygen atoms in total. The summed E-state index contributed by atoms with van der Waals surface area (Å²) >= 11 is 0. The topological polar surface area (TPSA) is 26.0 Å². The van der Waals surface area contributed by atoms with Crippen molar-refractivity contribution in [2.24, 2.45) is 11.7 Å². The Bertz CT molecular complexity index is 267. The van der Waals surface area contributed by atoms with Crippen molar-refractivity contribution >= 4 is 0 Å². The largest absolute Gasteiger partial charge is 0.327 e. The van der Waals surface area contributed by atoms with Crippen molar-refractivity contribution in [2.45, 2.75) is 32.0 Å². The smallest absolute Gasteiger partial charge is 0.263 e. The average Bonchev–Trinajstić information content (AvgIpc) is 2.01. The molecule has 0 radical (unpaired) electrons. The van der Waals surface area contributed by atoms with Crippen molar-refractivity contribution in [2.75, 3.05) is 0 Å². The minimum Gasteiger partial charge on any atom is -0.327 e. The van der Waals surface area contributed by atoms with Crippen LogP contribution in [0.15, 0.2) is 23.8 Å². The molecule has 4 heteroatoms. The van der Waals surface area contributed by atoms with E-state index >= 15 is 0 Å². The Morgan fingerprint density at radius 3 is 2.50 bits per heavy atom. The lowest BCUT2D eigenvalue weighted by atomic mass is 9.77. The van der Waals surface area contributed by atoms with Gasteiger partial charge in [-0.1, -0.05) is 18.2 Å². The van der Waals surface area contributed by atoms with Crippen LogP contribution in [0.3, 0.4) is 0 Å². The SMILES string of the molecule is CC(N)C1C=CC=C(C(F)F)C1(C)F. The Hall–Kier alpha value is -0.770. The Morgan fingerprint density at radius 2 is 2.07 bits per heavy atom. The van der Waals surface area contributed by atoms with E-state index in [9.17, 15) is 13.2 Å². The highest BCUT2D eigenvalue weighted by Gasteiger charge is 2.43. The van der Waals surface area contributed by atoms with Crippen LogP contribution in [-0.4, -0.2) is 18.1 Å². The summed E-state index contributed by atoms with van der Waals surface area (Å²) in [5.74, 6) is -0.684. The van der Waals surface area contributed by atoms with Gasteiger partial charge in [0.25, 0.3) is 6.43 Å². The molecule has 0 saturated carbocycles. The van der Waals surface area contributed by atoms with Gasteiger partial charge in [-0.3, -0.25) is 0 Å². The Labute approximate surface area is 81.5 Å². The molecule has 0 aromatic carbocycles. The zero-order valence-corrected chi connectivity index (χ0v) is 8.18. The summed E-state index contributed by atoms with van der Waals surface area (Å²) in [6.45, 7) is 2.77. The van der Waals surface area contributed by atoms with Crippen molar-refractivity contribution in [1.29, 1.82) is 0 Å². The van der Waals surface area contributed by atoms with Crippen molar-refractivity contribution in [3.05, 3.63) is 23.8 Å². The second kappa shape index (κ2) is 3.77. The van der Waals surface area contributed by atoms with E-state index in [2.05, 4.69) is 0 Å². The highest BCUT2D eigenvalue weighted by molar-refractivity contribution is 5.32. The van der Waals surface area contributed by atoms with Gasteiger partial charge in [-0.15, -0.1) is 0 Å². The monoisotopic (exact) mass is 205 g/mol. The van der Waals surface area contributed by atoms with Crippen molar-refractivity contribution in [3.63, 3.8) is 0 Å². The van der Waals surface area contributed by atoms with Crippen LogP contribution in [0.4, 0.5) is 13.2 Å². The zero-order chi connectivity index (χ0) is 10.9. The van der Waals surface area contributed by atoms with E-state index in [0.717, 1.165) is 13.0 Å². The third kappa shape index (κ3) is 1.85.